The SMILES string of the molecule is CS(=O)(=O)c1ccc(F)c(S(=O)(=O)N2CC(O)C(O)C2)c1. The van der Waals surface area contributed by atoms with Crippen LogP contribution in [-0.2, 0) is 19.9 Å². The van der Waals surface area contributed by atoms with E-state index in [4.69, 9.17) is 0 Å². The standard InChI is InChI=1S/C11H14FNO6S2/c1-20(16,17)7-2-3-8(12)11(4-7)21(18,19)13-5-9(14)10(15)6-13/h2-4,9-10,14-15H,5-6H2,1H3. The molecule has 10 heteroatoms. The molecule has 21 heavy (non-hydrogen) atoms. The van der Waals surface area contributed by atoms with Gasteiger partial charge in [0, 0.05) is 19.3 Å². The van der Waals surface area contributed by atoms with Crippen molar-refractivity contribution in [1.82, 2.24) is 4.31 Å². The second-order valence-corrected chi connectivity index (χ2v) is 8.74. The maximum Gasteiger partial charge on any atom is 0.246 e. The minimum atomic E-state index is -4.34. The molecule has 118 valence electrons. The summed E-state index contributed by atoms with van der Waals surface area (Å²) in [6.45, 7) is -0.766. The molecular weight excluding hydrogens is 325 g/mol. The van der Waals surface area contributed by atoms with Crippen LogP contribution in [0.25, 0.3) is 0 Å². The molecule has 2 rings (SSSR count). The Hall–Kier alpha value is -1.07. The van der Waals surface area contributed by atoms with E-state index in [0.717, 1.165) is 24.5 Å². The van der Waals surface area contributed by atoms with E-state index in [-0.39, 0.29) is 18.0 Å². The molecule has 2 N–H and O–H groups in total. The van der Waals surface area contributed by atoms with E-state index in [9.17, 15) is 31.4 Å². The largest absolute Gasteiger partial charge is 0.389 e. The molecule has 1 aliphatic rings. The fourth-order valence-electron chi connectivity index (χ4n) is 1.98. The number of β-amino-alcohol motifs (C(OH)–C–C–N with tert-alkyl or cyclic N) is 2. The third-order valence-electron chi connectivity index (χ3n) is 3.17. The normalized spacial score (nSPS) is 24.4. The van der Waals surface area contributed by atoms with Gasteiger partial charge in [0.25, 0.3) is 0 Å². The Kier molecular flexibility index (Phi) is 4.10. The number of benzene rings is 1. The summed E-state index contributed by atoms with van der Waals surface area (Å²) in [5.74, 6) is -1.10. The van der Waals surface area contributed by atoms with Crippen LogP contribution in [0.1, 0.15) is 0 Å². The lowest BCUT2D eigenvalue weighted by Crippen LogP contribution is -2.30. The minimum absolute atomic E-state index is 0.331. The summed E-state index contributed by atoms with van der Waals surface area (Å²) in [6, 6.07) is 2.46. The lowest BCUT2D eigenvalue weighted by Gasteiger charge is -2.16. The van der Waals surface area contributed by atoms with Crippen LogP contribution in [0.5, 0.6) is 0 Å². The average Bonchev–Trinajstić information content (AvgIpc) is 2.69. The number of halogens is 1. The molecule has 0 bridgehead atoms. The van der Waals surface area contributed by atoms with E-state index in [1.807, 2.05) is 0 Å². The third-order valence-corrected chi connectivity index (χ3v) is 6.13. The van der Waals surface area contributed by atoms with E-state index < -0.39 is 42.8 Å². The Labute approximate surface area is 121 Å². The molecule has 1 fully saturated rings. The second-order valence-electron chi connectivity index (χ2n) is 4.82. The lowest BCUT2D eigenvalue weighted by atomic mass is 10.3. The van der Waals surface area contributed by atoms with Gasteiger partial charge in [0.15, 0.2) is 9.84 Å². The van der Waals surface area contributed by atoms with E-state index in [1.165, 1.54) is 0 Å². The van der Waals surface area contributed by atoms with Crippen LogP contribution >= 0.6 is 0 Å². The number of hydrogen-bond donors (Lipinski definition) is 2. The van der Waals surface area contributed by atoms with Crippen molar-refractivity contribution in [3.05, 3.63) is 24.0 Å². The van der Waals surface area contributed by atoms with E-state index >= 15 is 0 Å². The molecule has 0 spiro atoms. The molecule has 0 radical (unpaired) electrons. The van der Waals surface area contributed by atoms with Crippen LogP contribution in [-0.4, -0.2) is 62.9 Å². The highest BCUT2D eigenvalue weighted by molar-refractivity contribution is 7.91. The van der Waals surface area contributed by atoms with Gasteiger partial charge in [-0.1, -0.05) is 0 Å². The van der Waals surface area contributed by atoms with Gasteiger partial charge in [-0.3, -0.25) is 0 Å². The molecule has 1 aromatic rings. The molecule has 2 atom stereocenters. The number of aliphatic hydroxyl groups excluding tert-OH is 2. The zero-order valence-corrected chi connectivity index (χ0v) is 12.6. The van der Waals surface area contributed by atoms with Gasteiger partial charge in [0.05, 0.1) is 17.1 Å². The first-order valence-electron chi connectivity index (χ1n) is 5.89. The predicted octanol–water partition coefficient (Wildman–Crippen LogP) is -1.04. The Balaban J connectivity index is 2.50. The number of rotatable bonds is 3. The number of sulfone groups is 1. The van der Waals surface area contributed by atoms with Crippen molar-refractivity contribution in [3.8, 4) is 0 Å². The highest BCUT2D eigenvalue weighted by atomic mass is 32.2. The number of nitrogens with zero attached hydrogens (tertiary/aromatic N) is 1. The molecule has 1 saturated heterocycles. The first-order valence-corrected chi connectivity index (χ1v) is 9.22. The summed E-state index contributed by atoms with van der Waals surface area (Å²) in [5, 5.41) is 18.8. The molecule has 7 nitrogen and oxygen atoms in total. The average molecular weight is 339 g/mol. The summed E-state index contributed by atoms with van der Waals surface area (Å²) < 4.78 is 62.0. The van der Waals surface area contributed by atoms with Crippen molar-refractivity contribution in [2.45, 2.75) is 22.0 Å². The summed E-state index contributed by atoms with van der Waals surface area (Å²) in [6.07, 6.45) is -1.65. The van der Waals surface area contributed by atoms with Gasteiger partial charge in [0.1, 0.15) is 10.7 Å². The van der Waals surface area contributed by atoms with Crippen LogP contribution in [0.3, 0.4) is 0 Å². The summed E-state index contributed by atoms with van der Waals surface area (Å²) in [7, 11) is -8.04. The van der Waals surface area contributed by atoms with Crippen LogP contribution in [0.15, 0.2) is 28.0 Å². The first-order chi connectivity index (χ1) is 9.53. The Morgan fingerprint density at radius 2 is 1.67 bits per heavy atom. The monoisotopic (exact) mass is 339 g/mol. The molecule has 0 aromatic heterocycles. The molecule has 1 aliphatic heterocycles. The summed E-state index contributed by atoms with van der Waals surface area (Å²) in [4.78, 5) is -1.13. The topological polar surface area (TPSA) is 112 Å². The first kappa shape index (κ1) is 16.3. The molecule has 1 heterocycles. The quantitative estimate of drug-likeness (QED) is 0.680. The van der Waals surface area contributed by atoms with Gasteiger partial charge in [-0.05, 0) is 18.2 Å². The molecule has 2 unspecified atom stereocenters. The van der Waals surface area contributed by atoms with Gasteiger partial charge in [-0.15, -0.1) is 0 Å². The Morgan fingerprint density at radius 1 is 1.14 bits per heavy atom. The van der Waals surface area contributed by atoms with Gasteiger partial charge < -0.3 is 10.2 Å². The fourth-order valence-corrected chi connectivity index (χ4v) is 4.27. The Morgan fingerprint density at radius 3 is 2.14 bits per heavy atom. The van der Waals surface area contributed by atoms with Crippen LogP contribution in [0.4, 0.5) is 4.39 Å². The summed E-state index contributed by atoms with van der Waals surface area (Å²) >= 11 is 0. The van der Waals surface area contributed by atoms with Gasteiger partial charge in [-0.2, -0.15) is 4.31 Å². The van der Waals surface area contributed by atoms with Crippen LogP contribution < -0.4 is 0 Å². The fraction of sp³-hybridized carbons (Fsp3) is 0.455. The van der Waals surface area contributed by atoms with Crippen LogP contribution in [0.2, 0.25) is 0 Å². The zero-order valence-electron chi connectivity index (χ0n) is 11.0. The second kappa shape index (κ2) is 5.29. The van der Waals surface area contributed by atoms with E-state index in [2.05, 4.69) is 0 Å². The predicted molar refractivity (Wildman–Crippen MR) is 70.3 cm³/mol. The molecule has 0 saturated carbocycles. The highest BCUT2D eigenvalue weighted by Crippen LogP contribution is 2.25. The number of sulfonamides is 1. The molecule has 0 amide bonds. The number of aliphatic hydroxyl groups is 2. The zero-order chi connectivity index (χ0) is 16.0. The van der Waals surface area contributed by atoms with Crippen molar-refractivity contribution in [3.63, 3.8) is 0 Å². The number of hydrogen-bond acceptors (Lipinski definition) is 6. The van der Waals surface area contributed by atoms with Gasteiger partial charge in [-0.25, -0.2) is 21.2 Å². The van der Waals surface area contributed by atoms with Crippen LogP contribution in [0, 0.1) is 5.82 Å². The Bertz CT molecular complexity index is 751. The molecule has 1 aromatic carbocycles. The summed E-state index contributed by atoms with van der Waals surface area (Å²) in [5.41, 5.74) is 0. The van der Waals surface area contributed by atoms with Crippen molar-refractivity contribution in [2.24, 2.45) is 0 Å². The lowest BCUT2D eigenvalue weighted by molar-refractivity contribution is 0.0572. The van der Waals surface area contributed by atoms with Gasteiger partial charge in [0.2, 0.25) is 10.0 Å². The van der Waals surface area contributed by atoms with E-state index in [1.54, 1.807) is 0 Å². The maximum absolute atomic E-state index is 13.8. The van der Waals surface area contributed by atoms with Crippen molar-refractivity contribution in [1.29, 1.82) is 0 Å². The highest BCUT2D eigenvalue weighted by Gasteiger charge is 2.39. The van der Waals surface area contributed by atoms with Crippen molar-refractivity contribution < 1.29 is 31.4 Å². The molecular formula is C11H14FNO6S2. The van der Waals surface area contributed by atoms with Crippen molar-refractivity contribution in [2.75, 3.05) is 19.3 Å². The minimum Gasteiger partial charge on any atom is -0.389 e. The molecule has 0 aliphatic carbocycles. The third kappa shape index (κ3) is 3.09. The van der Waals surface area contributed by atoms with E-state index in [0.29, 0.717) is 4.31 Å². The maximum atomic E-state index is 13.8. The smallest absolute Gasteiger partial charge is 0.246 e. The van der Waals surface area contributed by atoms with Gasteiger partial charge >= 0.3 is 0 Å². The van der Waals surface area contributed by atoms with Crippen molar-refractivity contribution >= 4 is 19.9 Å².